The molecule has 1 unspecified atom stereocenters. The maximum absolute atomic E-state index is 12.3. The first-order valence-electron chi connectivity index (χ1n) is 7.49. The highest BCUT2D eigenvalue weighted by atomic mass is 32.2. The van der Waals surface area contributed by atoms with Gasteiger partial charge in [0.1, 0.15) is 0 Å². The Morgan fingerprint density at radius 2 is 1.88 bits per heavy atom. The SMILES string of the molecule is O=C(NCc1ccc2c(c1)C(=O)NC2O)c1ccc(SC(F)(F)F)cc1. The van der Waals surface area contributed by atoms with Crippen molar-refractivity contribution in [2.24, 2.45) is 0 Å². The van der Waals surface area contributed by atoms with Gasteiger partial charge in [-0.25, -0.2) is 0 Å². The van der Waals surface area contributed by atoms with Crippen molar-refractivity contribution in [2.75, 3.05) is 0 Å². The van der Waals surface area contributed by atoms with E-state index in [4.69, 9.17) is 0 Å². The van der Waals surface area contributed by atoms with E-state index in [0.717, 1.165) is 0 Å². The largest absolute Gasteiger partial charge is 0.446 e. The Kier molecular flexibility index (Phi) is 4.92. The second-order valence-corrected chi connectivity index (χ2v) is 6.69. The number of aliphatic hydroxyl groups excluding tert-OH is 1. The van der Waals surface area contributed by atoms with Gasteiger partial charge in [0.15, 0.2) is 6.23 Å². The highest BCUT2D eigenvalue weighted by Crippen LogP contribution is 2.36. The monoisotopic (exact) mass is 382 g/mol. The minimum absolute atomic E-state index is 0.00255. The fraction of sp³-hybridized carbons (Fsp3) is 0.176. The van der Waals surface area contributed by atoms with Gasteiger partial charge in [-0.1, -0.05) is 12.1 Å². The van der Waals surface area contributed by atoms with Crippen LogP contribution in [0.3, 0.4) is 0 Å². The summed E-state index contributed by atoms with van der Waals surface area (Å²) in [6.07, 6.45) is -1.03. The Labute approximate surface area is 150 Å². The van der Waals surface area contributed by atoms with E-state index in [1.54, 1.807) is 18.2 Å². The quantitative estimate of drug-likeness (QED) is 0.711. The van der Waals surface area contributed by atoms with Gasteiger partial charge >= 0.3 is 5.51 Å². The zero-order valence-corrected chi connectivity index (χ0v) is 13.9. The average molecular weight is 382 g/mol. The third-order valence-corrected chi connectivity index (χ3v) is 4.47. The lowest BCUT2D eigenvalue weighted by molar-refractivity contribution is -0.0328. The maximum atomic E-state index is 12.3. The number of rotatable bonds is 4. The molecule has 0 aliphatic carbocycles. The molecule has 9 heteroatoms. The van der Waals surface area contributed by atoms with E-state index in [-0.39, 0.29) is 28.8 Å². The van der Waals surface area contributed by atoms with Crippen molar-refractivity contribution in [2.45, 2.75) is 23.2 Å². The Bertz CT molecular complexity index is 853. The van der Waals surface area contributed by atoms with Crippen LogP contribution in [0, 0.1) is 0 Å². The lowest BCUT2D eigenvalue weighted by atomic mass is 10.1. The molecule has 1 atom stereocenters. The molecule has 3 rings (SSSR count). The molecule has 0 radical (unpaired) electrons. The number of hydrogen-bond donors (Lipinski definition) is 3. The third-order valence-electron chi connectivity index (χ3n) is 3.73. The summed E-state index contributed by atoms with van der Waals surface area (Å²) in [6.45, 7) is 0.133. The average Bonchev–Trinajstić information content (AvgIpc) is 2.86. The molecule has 5 nitrogen and oxygen atoms in total. The van der Waals surface area contributed by atoms with Crippen molar-refractivity contribution in [3.05, 3.63) is 64.7 Å². The van der Waals surface area contributed by atoms with Crippen molar-refractivity contribution >= 4 is 23.6 Å². The lowest BCUT2D eigenvalue weighted by Crippen LogP contribution is -2.22. The third kappa shape index (κ3) is 4.17. The van der Waals surface area contributed by atoms with E-state index in [0.29, 0.717) is 16.7 Å². The Morgan fingerprint density at radius 1 is 1.19 bits per heavy atom. The summed E-state index contributed by atoms with van der Waals surface area (Å²) in [5.74, 6) is -0.836. The summed E-state index contributed by atoms with van der Waals surface area (Å²) in [7, 11) is 0. The minimum atomic E-state index is -4.38. The van der Waals surface area contributed by atoms with Crippen molar-refractivity contribution in [3.8, 4) is 0 Å². The number of carbonyl (C=O) groups excluding carboxylic acids is 2. The number of fused-ring (bicyclic) bond motifs is 1. The van der Waals surface area contributed by atoms with Crippen LogP contribution in [-0.4, -0.2) is 22.4 Å². The Hall–Kier alpha value is -2.52. The number of aliphatic hydroxyl groups is 1. The second-order valence-electron chi connectivity index (χ2n) is 5.55. The molecule has 3 N–H and O–H groups in total. The molecule has 1 heterocycles. The van der Waals surface area contributed by atoms with Crippen molar-refractivity contribution in [3.63, 3.8) is 0 Å². The topological polar surface area (TPSA) is 78.4 Å². The summed E-state index contributed by atoms with van der Waals surface area (Å²) in [4.78, 5) is 23.8. The van der Waals surface area contributed by atoms with E-state index in [1.807, 2.05) is 0 Å². The summed E-state index contributed by atoms with van der Waals surface area (Å²) in [6, 6.07) is 9.94. The first-order valence-corrected chi connectivity index (χ1v) is 8.30. The fourth-order valence-electron chi connectivity index (χ4n) is 2.52. The fourth-order valence-corrected chi connectivity index (χ4v) is 3.06. The van der Waals surface area contributed by atoms with Gasteiger partial charge < -0.3 is 15.7 Å². The van der Waals surface area contributed by atoms with Crippen LogP contribution in [0.5, 0.6) is 0 Å². The predicted molar refractivity (Wildman–Crippen MR) is 88.4 cm³/mol. The van der Waals surface area contributed by atoms with Crippen LogP contribution in [0.4, 0.5) is 13.2 Å². The molecular weight excluding hydrogens is 369 g/mol. The summed E-state index contributed by atoms with van der Waals surface area (Å²) < 4.78 is 36.9. The number of benzene rings is 2. The van der Waals surface area contributed by atoms with Crippen molar-refractivity contribution in [1.29, 1.82) is 0 Å². The number of carbonyl (C=O) groups is 2. The molecule has 0 spiro atoms. The summed E-state index contributed by atoms with van der Waals surface area (Å²) >= 11 is -0.247. The van der Waals surface area contributed by atoms with Crippen molar-refractivity contribution in [1.82, 2.24) is 10.6 Å². The molecule has 26 heavy (non-hydrogen) atoms. The first-order chi connectivity index (χ1) is 12.2. The predicted octanol–water partition coefficient (Wildman–Crippen LogP) is 2.96. The smallest absolute Gasteiger partial charge is 0.369 e. The van der Waals surface area contributed by atoms with E-state index in [9.17, 15) is 27.9 Å². The number of alkyl halides is 3. The zero-order valence-electron chi connectivity index (χ0n) is 13.1. The lowest BCUT2D eigenvalue weighted by Gasteiger charge is -2.09. The number of halogens is 3. The van der Waals surface area contributed by atoms with Gasteiger partial charge in [0.25, 0.3) is 11.8 Å². The first kappa shape index (κ1) is 18.3. The summed E-state index contributed by atoms with van der Waals surface area (Å²) in [5.41, 5.74) is -2.67. The van der Waals surface area contributed by atoms with Gasteiger partial charge in [-0.15, -0.1) is 0 Å². The van der Waals surface area contributed by atoms with Crippen LogP contribution in [0.25, 0.3) is 0 Å². The molecule has 0 fully saturated rings. The number of nitrogens with one attached hydrogen (secondary N) is 2. The minimum Gasteiger partial charge on any atom is -0.369 e. The molecular formula is C17H13F3N2O3S. The van der Waals surface area contributed by atoms with Crippen LogP contribution < -0.4 is 10.6 Å². The standard InChI is InChI=1S/C17H13F3N2O3S/c18-17(19,20)26-11-4-2-10(3-5-11)14(23)21-8-9-1-6-12-13(7-9)16(25)22-15(12)24/h1-7,15,24H,8H2,(H,21,23)(H,22,25). The highest BCUT2D eigenvalue weighted by molar-refractivity contribution is 8.00. The Morgan fingerprint density at radius 3 is 2.54 bits per heavy atom. The Balaban J connectivity index is 1.62. The highest BCUT2D eigenvalue weighted by Gasteiger charge is 2.29. The van der Waals surface area contributed by atoms with Crippen LogP contribution >= 0.6 is 11.8 Å². The molecule has 0 bridgehead atoms. The van der Waals surface area contributed by atoms with E-state index >= 15 is 0 Å². The molecule has 0 aromatic heterocycles. The number of hydrogen-bond acceptors (Lipinski definition) is 4. The van der Waals surface area contributed by atoms with Crippen LogP contribution in [-0.2, 0) is 6.54 Å². The number of amides is 2. The number of thioether (sulfide) groups is 1. The van der Waals surface area contributed by atoms with Crippen LogP contribution in [0.2, 0.25) is 0 Å². The maximum Gasteiger partial charge on any atom is 0.446 e. The molecule has 1 aliphatic heterocycles. The van der Waals surface area contributed by atoms with Crippen LogP contribution in [0.1, 0.15) is 38.1 Å². The van der Waals surface area contributed by atoms with Gasteiger partial charge in [-0.05, 0) is 47.7 Å². The van der Waals surface area contributed by atoms with Gasteiger partial charge in [0.2, 0.25) is 0 Å². The van der Waals surface area contributed by atoms with Crippen molar-refractivity contribution < 1.29 is 27.9 Å². The van der Waals surface area contributed by atoms with E-state index in [1.165, 1.54) is 24.3 Å². The summed E-state index contributed by atoms with van der Waals surface area (Å²) in [5, 5.41) is 14.6. The van der Waals surface area contributed by atoms with E-state index < -0.39 is 23.6 Å². The second kappa shape index (κ2) is 7.00. The zero-order chi connectivity index (χ0) is 18.9. The van der Waals surface area contributed by atoms with Crippen LogP contribution in [0.15, 0.2) is 47.4 Å². The molecule has 2 aromatic carbocycles. The van der Waals surface area contributed by atoms with Gasteiger partial charge in [0.05, 0.1) is 0 Å². The molecule has 2 aromatic rings. The van der Waals surface area contributed by atoms with Gasteiger partial charge in [-0.2, -0.15) is 13.2 Å². The molecule has 2 amide bonds. The molecule has 0 saturated heterocycles. The molecule has 0 saturated carbocycles. The van der Waals surface area contributed by atoms with E-state index in [2.05, 4.69) is 10.6 Å². The van der Waals surface area contributed by atoms with Gasteiger partial charge in [-0.3, -0.25) is 9.59 Å². The normalized spacial score (nSPS) is 16.2. The molecule has 1 aliphatic rings. The molecule has 136 valence electrons. The van der Waals surface area contributed by atoms with Gasteiger partial charge in [0, 0.05) is 28.1 Å².